The van der Waals surface area contributed by atoms with Crippen molar-refractivity contribution in [2.24, 2.45) is 0 Å². The number of methoxy groups -OCH3 is 1. The molecule has 1 N–H and O–H groups in total. The van der Waals surface area contributed by atoms with Gasteiger partial charge in [-0.3, -0.25) is 0 Å². The number of ether oxygens (including phenoxy) is 3. The van der Waals surface area contributed by atoms with E-state index < -0.39 is 0 Å². The fraction of sp³-hybridized carbons (Fsp3) is 0.647. The van der Waals surface area contributed by atoms with E-state index in [9.17, 15) is 0 Å². The largest absolute Gasteiger partial charge is 0.493 e. The van der Waals surface area contributed by atoms with Crippen molar-refractivity contribution in [3.8, 4) is 5.75 Å². The van der Waals surface area contributed by atoms with Crippen molar-refractivity contribution in [2.45, 2.75) is 39.3 Å². The molecule has 1 aromatic carbocycles. The van der Waals surface area contributed by atoms with E-state index in [-0.39, 0.29) is 5.54 Å². The zero-order valence-corrected chi connectivity index (χ0v) is 13.8. The van der Waals surface area contributed by atoms with Crippen LogP contribution in [0.1, 0.15) is 32.8 Å². The Balaban J connectivity index is 2.23. The van der Waals surface area contributed by atoms with Gasteiger partial charge in [0.15, 0.2) is 0 Å². The minimum atomic E-state index is 0.121. The van der Waals surface area contributed by atoms with Gasteiger partial charge in [0.25, 0.3) is 0 Å². The highest BCUT2D eigenvalue weighted by Crippen LogP contribution is 2.14. The van der Waals surface area contributed by atoms with E-state index in [1.807, 2.05) is 12.1 Å². The highest BCUT2D eigenvalue weighted by Gasteiger charge is 2.08. The molecule has 4 nitrogen and oxygen atoms in total. The van der Waals surface area contributed by atoms with Gasteiger partial charge in [-0.15, -0.1) is 0 Å². The third-order valence-electron chi connectivity index (χ3n) is 2.85. The fourth-order valence-electron chi connectivity index (χ4n) is 1.71. The number of rotatable bonds is 10. The summed E-state index contributed by atoms with van der Waals surface area (Å²) in [5, 5.41) is 3.47. The smallest absolute Gasteiger partial charge is 0.119 e. The molecule has 0 aliphatic rings. The fourth-order valence-corrected chi connectivity index (χ4v) is 1.71. The monoisotopic (exact) mass is 295 g/mol. The molecule has 120 valence electrons. The second kappa shape index (κ2) is 9.77. The molecule has 0 spiro atoms. The van der Waals surface area contributed by atoms with Gasteiger partial charge in [-0.1, -0.05) is 12.1 Å². The molecule has 0 fully saturated rings. The Labute approximate surface area is 128 Å². The Hall–Kier alpha value is -1.10. The van der Waals surface area contributed by atoms with E-state index in [2.05, 4.69) is 38.2 Å². The predicted octanol–water partition coefficient (Wildman–Crippen LogP) is 3.01. The van der Waals surface area contributed by atoms with Gasteiger partial charge in [-0.2, -0.15) is 0 Å². The van der Waals surface area contributed by atoms with Crippen LogP contribution in [0.3, 0.4) is 0 Å². The molecule has 1 aromatic rings. The lowest BCUT2D eigenvalue weighted by Gasteiger charge is -2.20. The number of benzene rings is 1. The Morgan fingerprint density at radius 3 is 2.57 bits per heavy atom. The Morgan fingerprint density at radius 1 is 1.05 bits per heavy atom. The van der Waals surface area contributed by atoms with Gasteiger partial charge in [-0.25, -0.2) is 0 Å². The van der Waals surface area contributed by atoms with Crippen LogP contribution < -0.4 is 10.1 Å². The summed E-state index contributed by atoms with van der Waals surface area (Å²) in [6, 6.07) is 8.22. The first-order chi connectivity index (χ1) is 10.0. The average molecular weight is 295 g/mol. The van der Waals surface area contributed by atoms with Crippen LogP contribution in [0, 0.1) is 0 Å². The van der Waals surface area contributed by atoms with Crippen molar-refractivity contribution in [3.05, 3.63) is 29.8 Å². The molecule has 0 aliphatic heterocycles. The van der Waals surface area contributed by atoms with Crippen LogP contribution in [0.2, 0.25) is 0 Å². The highest BCUT2D eigenvalue weighted by molar-refractivity contribution is 5.28. The molecule has 0 atom stereocenters. The van der Waals surface area contributed by atoms with Crippen LogP contribution >= 0.6 is 0 Å². The number of hydrogen-bond acceptors (Lipinski definition) is 4. The second-order valence-corrected chi connectivity index (χ2v) is 6.06. The molecule has 0 aliphatic carbocycles. The minimum absolute atomic E-state index is 0.121. The molecule has 1 rings (SSSR count). The Bertz CT molecular complexity index is 388. The van der Waals surface area contributed by atoms with Crippen LogP contribution in [-0.4, -0.2) is 39.1 Å². The summed E-state index contributed by atoms with van der Waals surface area (Å²) < 4.78 is 16.1. The minimum Gasteiger partial charge on any atom is -0.493 e. The van der Waals surface area contributed by atoms with Crippen molar-refractivity contribution in [1.82, 2.24) is 5.32 Å². The van der Waals surface area contributed by atoms with Gasteiger partial charge in [0.1, 0.15) is 5.75 Å². The molecular formula is C17H29NO3. The van der Waals surface area contributed by atoms with Gasteiger partial charge in [0, 0.05) is 32.2 Å². The average Bonchev–Trinajstić information content (AvgIpc) is 2.44. The van der Waals surface area contributed by atoms with E-state index >= 15 is 0 Å². The van der Waals surface area contributed by atoms with Crippen LogP contribution in [0.25, 0.3) is 0 Å². The lowest BCUT2D eigenvalue weighted by molar-refractivity contribution is 0.0644. The normalized spacial score (nSPS) is 11.6. The first-order valence-electron chi connectivity index (χ1n) is 7.55. The summed E-state index contributed by atoms with van der Waals surface area (Å²) in [5.41, 5.74) is 1.36. The summed E-state index contributed by atoms with van der Waals surface area (Å²) in [6.07, 6.45) is 0.883. The third-order valence-corrected chi connectivity index (χ3v) is 2.85. The van der Waals surface area contributed by atoms with Crippen LogP contribution in [-0.2, 0) is 16.0 Å². The summed E-state index contributed by atoms with van der Waals surface area (Å²) in [7, 11) is 1.67. The predicted molar refractivity (Wildman–Crippen MR) is 85.8 cm³/mol. The van der Waals surface area contributed by atoms with Gasteiger partial charge in [0.05, 0.1) is 19.8 Å². The van der Waals surface area contributed by atoms with Crippen molar-refractivity contribution in [2.75, 3.05) is 33.5 Å². The zero-order valence-electron chi connectivity index (χ0n) is 13.8. The summed E-state index contributed by atoms with van der Waals surface area (Å²) >= 11 is 0. The molecule has 0 saturated heterocycles. The maximum atomic E-state index is 5.75. The standard InChI is InChI=1S/C17H29NO3/c1-17(2,3)18-14-15-7-5-8-16(13-15)21-10-6-9-20-12-11-19-4/h5,7-8,13,18H,6,9-12,14H2,1-4H3. The lowest BCUT2D eigenvalue weighted by atomic mass is 10.1. The first-order valence-corrected chi connectivity index (χ1v) is 7.55. The number of hydrogen-bond donors (Lipinski definition) is 1. The topological polar surface area (TPSA) is 39.7 Å². The van der Waals surface area contributed by atoms with E-state index in [4.69, 9.17) is 14.2 Å². The molecular weight excluding hydrogens is 266 g/mol. The zero-order chi connectivity index (χ0) is 15.6. The molecule has 0 radical (unpaired) electrons. The molecule has 21 heavy (non-hydrogen) atoms. The number of nitrogens with one attached hydrogen (secondary N) is 1. The van der Waals surface area contributed by atoms with Gasteiger partial charge in [0.2, 0.25) is 0 Å². The van der Waals surface area contributed by atoms with Crippen molar-refractivity contribution < 1.29 is 14.2 Å². The second-order valence-electron chi connectivity index (χ2n) is 6.06. The molecule has 0 bridgehead atoms. The third kappa shape index (κ3) is 9.45. The SMILES string of the molecule is COCCOCCCOc1cccc(CNC(C)(C)C)c1. The first kappa shape index (κ1) is 18.0. The summed E-state index contributed by atoms with van der Waals surface area (Å²) in [6.45, 7) is 10.00. The van der Waals surface area contributed by atoms with E-state index in [1.54, 1.807) is 7.11 Å². The Morgan fingerprint density at radius 2 is 1.86 bits per heavy atom. The van der Waals surface area contributed by atoms with Crippen LogP contribution in [0.4, 0.5) is 0 Å². The maximum Gasteiger partial charge on any atom is 0.119 e. The highest BCUT2D eigenvalue weighted by atomic mass is 16.5. The van der Waals surface area contributed by atoms with Gasteiger partial charge in [-0.05, 0) is 38.5 Å². The van der Waals surface area contributed by atoms with Gasteiger partial charge < -0.3 is 19.5 Å². The van der Waals surface area contributed by atoms with Crippen LogP contribution in [0.5, 0.6) is 5.75 Å². The van der Waals surface area contributed by atoms with E-state index in [0.717, 1.165) is 18.7 Å². The molecule has 0 saturated carbocycles. The lowest BCUT2D eigenvalue weighted by Crippen LogP contribution is -2.35. The maximum absolute atomic E-state index is 5.75. The van der Waals surface area contributed by atoms with E-state index in [0.29, 0.717) is 26.4 Å². The quantitative estimate of drug-likeness (QED) is 0.674. The molecule has 0 aromatic heterocycles. The molecule has 0 heterocycles. The van der Waals surface area contributed by atoms with Crippen molar-refractivity contribution in [1.29, 1.82) is 0 Å². The van der Waals surface area contributed by atoms with Crippen molar-refractivity contribution >= 4 is 0 Å². The molecule has 0 unspecified atom stereocenters. The van der Waals surface area contributed by atoms with Gasteiger partial charge >= 0.3 is 0 Å². The Kier molecular flexibility index (Phi) is 8.35. The summed E-state index contributed by atoms with van der Waals surface area (Å²) in [5.74, 6) is 0.917. The van der Waals surface area contributed by atoms with E-state index in [1.165, 1.54) is 5.56 Å². The molecule has 4 heteroatoms. The van der Waals surface area contributed by atoms with Crippen molar-refractivity contribution in [3.63, 3.8) is 0 Å². The summed E-state index contributed by atoms with van der Waals surface area (Å²) in [4.78, 5) is 0. The molecule has 0 amide bonds. The van der Waals surface area contributed by atoms with Crippen LogP contribution in [0.15, 0.2) is 24.3 Å².